The first-order chi connectivity index (χ1) is 8.36. The Labute approximate surface area is 104 Å². The highest BCUT2D eigenvalue weighted by molar-refractivity contribution is 5.76. The molecule has 0 N–H and O–H groups in total. The molecule has 86 valence electrons. The van der Waals surface area contributed by atoms with E-state index in [1.807, 2.05) is 12.1 Å². The van der Waals surface area contributed by atoms with Gasteiger partial charge in [-0.15, -0.1) is 0 Å². The Morgan fingerprint density at radius 1 is 1.00 bits per heavy atom. The highest BCUT2D eigenvalue weighted by Crippen LogP contribution is 2.27. The van der Waals surface area contributed by atoms with Crippen LogP contribution in [-0.4, -0.2) is 0 Å². The van der Waals surface area contributed by atoms with Crippen LogP contribution >= 0.6 is 0 Å². The van der Waals surface area contributed by atoms with Gasteiger partial charge in [-0.1, -0.05) is 74.5 Å². The van der Waals surface area contributed by atoms with Gasteiger partial charge in [0.05, 0.1) is 0 Å². The minimum atomic E-state index is 1.11. The first-order valence-corrected chi connectivity index (χ1v) is 6.16. The zero-order chi connectivity index (χ0) is 12.1. The summed E-state index contributed by atoms with van der Waals surface area (Å²) in [6.45, 7) is 6.17. The largest absolute Gasteiger partial charge is 0.0984 e. The van der Waals surface area contributed by atoms with Crippen molar-refractivity contribution < 1.29 is 0 Å². The molecule has 0 atom stereocenters. The normalized spacial score (nSPS) is 10.2. The second kappa shape index (κ2) is 5.49. The molecule has 2 aromatic rings. The summed E-state index contributed by atoms with van der Waals surface area (Å²) in [7, 11) is 0. The molecule has 0 heteroatoms. The van der Waals surface area contributed by atoms with Gasteiger partial charge in [0.25, 0.3) is 0 Å². The van der Waals surface area contributed by atoms with Crippen LogP contribution < -0.4 is 0 Å². The fraction of sp³-hybridized carbons (Fsp3) is 0.176. The van der Waals surface area contributed by atoms with Crippen LogP contribution in [0.4, 0.5) is 0 Å². The molecule has 0 heterocycles. The SMILES string of the molecule is C=Cc1c(CCC)cccc1-c1ccccc1. The van der Waals surface area contributed by atoms with Crippen LogP contribution in [0.25, 0.3) is 17.2 Å². The van der Waals surface area contributed by atoms with E-state index in [9.17, 15) is 0 Å². The molecule has 0 nitrogen and oxygen atoms in total. The molecule has 0 spiro atoms. The Morgan fingerprint density at radius 3 is 2.41 bits per heavy atom. The second-order valence-corrected chi connectivity index (χ2v) is 4.20. The van der Waals surface area contributed by atoms with E-state index in [0.717, 1.165) is 6.42 Å². The standard InChI is InChI=1S/C17H18/c1-3-9-14-12-8-13-17(16(14)4-2)15-10-6-5-7-11-15/h4-8,10-13H,2-3,9H2,1H3. The van der Waals surface area contributed by atoms with Gasteiger partial charge in [0.1, 0.15) is 0 Å². The molecule has 0 unspecified atom stereocenters. The van der Waals surface area contributed by atoms with Crippen LogP contribution in [0.1, 0.15) is 24.5 Å². The van der Waals surface area contributed by atoms with Crippen molar-refractivity contribution in [2.75, 3.05) is 0 Å². The van der Waals surface area contributed by atoms with Crippen LogP contribution in [0, 0.1) is 0 Å². The smallest absolute Gasteiger partial charge is 0.0109 e. The molecule has 2 rings (SSSR count). The Balaban J connectivity index is 2.54. The fourth-order valence-electron chi connectivity index (χ4n) is 2.21. The molecule has 0 aliphatic rings. The van der Waals surface area contributed by atoms with Crippen molar-refractivity contribution >= 4 is 6.08 Å². The van der Waals surface area contributed by atoms with Gasteiger partial charge in [-0.2, -0.15) is 0 Å². The van der Waals surface area contributed by atoms with E-state index in [2.05, 4.69) is 56.0 Å². The van der Waals surface area contributed by atoms with Gasteiger partial charge in [0.15, 0.2) is 0 Å². The van der Waals surface area contributed by atoms with Crippen molar-refractivity contribution in [3.63, 3.8) is 0 Å². The van der Waals surface area contributed by atoms with Crippen LogP contribution in [-0.2, 0) is 6.42 Å². The van der Waals surface area contributed by atoms with Crippen molar-refractivity contribution in [3.8, 4) is 11.1 Å². The number of rotatable bonds is 4. The van der Waals surface area contributed by atoms with Crippen LogP contribution in [0.2, 0.25) is 0 Å². The molecule has 0 aliphatic carbocycles. The maximum absolute atomic E-state index is 3.96. The molecule has 0 bridgehead atoms. The van der Waals surface area contributed by atoms with Crippen molar-refractivity contribution in [3.05, 3.63) is 66.2 Å². The Morgan fingerprint density at radius 2 is 1.76 bits per heavy atom. The first kappa shape index (κ1) is 11.7. The molecule has 0 aliphatic heterocycles. The van der Waals surface area contributed by atoms with Gasteiger partial charge in [0.2, 0.25) is 0 Å². The Hall–Kier alpha value is -1.82. The highest BCUT2D eigenvalue weighted by atomic mass is 14.1. The van der Waals surface area contributed by atoms with E-state index < -0.39 is 0 Å². The minimum absolute atomic E-state index is 1.11. The summed E-state index contributed by atoms with van der Waals surface area (Å²) in [6.07, 6.45) is 4.26. The van der Waals surface area contributed by atoms with Gasteiger partial charge in [-0.3, -0.25) is 0 Å². The third-order valence-electron chi connectivity index (χ3n) is 3.00. The summed E-state index contributed by atoms with van der Waals surface area (Å²) in [5.41, 5.74) is 5.22. The molecule has 0 amide bonds. The van der Waals surface area contributed by atoms with Crippen LogP contribution in [0.15, 0.2) is 55.1 Å². The molecule has 0 saturated heterocycles. The summed E-state index contributed by atoms with van der Waals surface area (Å²) in [5.74, 6) is 0. The molecule has 17 heavy (non-hydrogen) atoms. The Kier molecular flexibility index (Phi) is 3.77. The summed E-state index contributed by atoms with van der Waals surface area (Å²) >= 11 is 0. The molecule has 0 saturated carbocycles. The number of hydrogen-bond donors (Lipinski definition) is 0. The van der Waals surface area contributed by atoms with Gasteiger partial charge in [0, 0.05) is 0 Å². The monoisotopic (exact) mass is 222 g/mol. The first-order valence-electron chi connectivity index (χ1n) is 6.16. The lowest BCUT2D eigenvalue weighted by Crippen LogP contribution is -1.91. The van der Waals surface area contributed by atoms with E-state index in [4.69, 9.17) is 0 Å². The average Bonchev–Trinajstić information content (AvgIpc) is 2.40. The fourth-order valence-corrected chi connectivity index (χ4v) is 2.21. The van der Waals surface area contributed by atoms with Gasteiger partial charge in [-0.05, 0) is 28.7 Å². The third-order valence-corrected chi connectivity index (χ3v) is 3.00. The van der Waals surface area contributed by atoms with Crippen molar-refractivity contribution in [2.45, 2.75) is 19.8 Å². The zero-order valence-corrected chi connectivity index (χ0v) is 10.3. The van der Waals surface area contributed by atoms with E-state index in [1.54, 1.807) is 0 Å². The molecule has 0 aromatic heterocycles. The van der Waals surface area contributed by atoms with E-state index in [0.29, 0.717) is 0 Å². The topological polar surface area (TPSA) is 0 Å². The van der Waals surface area contributed by atoms with E-state index >= 15 is 0 Å². The van der Waals surface area contributed by atoms with Crippen molar-refractivity contribution in [1.29, 1.82) is 0 Å². The summed E-state index contributed by atoms with van der Waals surface area (Å²) in [5, 5.41) is 0. The summed E-state index contributed by atoms with van der Waals surface area (Å²) in [4.78, 5) is 0. The van der Waals surface area contributed by atoms with E-state index in [1.165, 1.54) is 28.7 Å². The second-order valence-electron chi connectivity index (χ2n) is 4.20. The predicted molar refractivity (Wildman–Crippen MR) is 76.0 cm³/mol. The molecule has 0 fully saturated rings. The number of benzene rings is 2. The minimum Gasteiger partial charge on any atom is -0.0984 e. The zero-order valence-electron chi connectivity index (χ0n) is 10.3. The number of hydrogen-bond acceptors (Lipinski definition) is 0. The van der Waals surface area contributed by atoms with Gasteiger partial charge >= 0.3 is 0 Å². The summed E-state index contributed by atoms with van der Waals surface area (Å²) < 4.78 is 0. The Bertz CT molecular complexity index is 495. The molecular formula is C17H18. The van der Waals surface area contributed by atoms with Crippen LogP contribution in [0.3, 0.4) is 0 Å². The number of aryl methyl sites for hydroxylation is 1. The molecule has 0 radical (unpaired) electrons. The quantitative estimate of drug-likeness (QED) is 0.686. The average molecular weight is 222 g/mol. The summed E-state index contributed by atoms with van der Waals surface area (Å²) in [6, 6.07) is 17.0. The predicted octanol–water partition coefficient (Wildman–Crippen LogP) is 4.95. The lowest BCUT2D eigenvalue weighted by Gasteiger charge is -2.11. The third kappa shape index (κ3) is 2.47. The molecule has 2 aromatic carbocycles. The van der Waals surface area contributed by atoms with Crippen molar-refractivity contribution in [1.82, 2.24) is 0 Å². The molecular weight excluding hydrogens is 204 g/mol. The lowest BCUT2D eigenvalue weighted by molar-refractivity contribution is 0.920. The maximum atomic E-state index is 3.96. The van der Waals surface area contributed by atoms with Gasteiger partial charge in [-0.25, -0.2) is 0 Å². The lowest BCUT2D eigenvalue weighted by atomic mass is 9.93. The van der Waals surface area contributed by atoms with E-state index in [-0.39, 0.29) is 0 Å². The van der Waals surface area contributed by atoms with Gasteiger partial charge < -0.3 is 0 Å². The highest BCUT2D eigenvalue weighted by Gasteiger charge is 2.06. The maximum Gasteiger partial charge on any atom is -0.0109 e. The van der Waals surface area contributed by atoms with Crippen molar-refractivity contribution in [2.24, 2.45) is 0 Å². The van der Waals surface area contributed by atoms with Crippen LogP contribution in [0.5, 0.6) is 0 Å².